The summed E-state index contributed by atoms with van der Waals surface area (Å²) in [6, 6.07) is 13.1. The van der Waals surface area contributed by atoms with Gasteiger partial charge in [0.2, 0.25) is 12.3 Å². The first kappa shape index (κ1) is 32.8. The Bertz CT molecular complexity index is 1340. The van der Waals surface area contributed by atoms with Crippen molar-refractivity contribution in [3.05, 3.63) is 59.7 Å². The molecule has 44 heavy (non-hydrogen) atoms. The molecule has 10 nitrogen and oxygen atoms in total. The van der Waals surface area contributed by atoms with Gasteiger partial charge in [-0.2, -0.15) is 0 Å². The predicted molar refractivity (Wildman–Crippen MR) is 157 cm³/mol. The maximum atomic E-state index is 13.6. The number of nitrogens with one attached hydrogen (secondary N) is 2. The number of esters is 2. The summed E-state index contributed by atoms with van der Waals surface area (Å²) in [5.74, 6) is -3.99. The third kappa shape index (κ3) is 6.85. The summed E-state index contributed by atoms with van der Waals surface area (Å²) < 4.78 is 42.3. The lowest BCUT2D eigenvalue weighted by Gasteiger charge is -2.28. The third-order valence-electron chi connectivity index (χ3n) is 8.68. The van der Waals surface area contributed by atoms with Gasteiger partial charge in [-0.1, -0.05) is 68.8 Å². The molecule has 2 aliphatic carbocycles. The number of ether oxygens (including phenoxy) is 3. The minimum absolute atomic E-state index is 0.0305. The van der Waals surface area contributed by atoms with Gasteiger partial charge >= 0.3 is 18.0 Å². The molecular formula is C32H39F2N3O7. The number of alkyl halides is 2. The molecular weight excluding hydrogens is 576 g/mol. The van der Waals surface area contributed by atoms with Crippen LogP contribution in [-0.4, -0.2) is 67.8 Å². The van der Waals surface area contributed by atoms with E-state index in [0.717, 1.165) is 29.4 Å². The number of benzene rings is 2. The number of hydrogen-bond acceptors (Lipinski definition) is 8. The first-order chi connectivity index (χ1) is 20.9. The van der Waals surface area contributed by atoms with Crippen LogP contribution in [0.3, 0.4) is 0 Å². The van der Waals surface area contributed by atoms with E-state index in [4.69, 9.17) is 15.2 Å². The monoisotopic (exact) mass is 615 g/mol. The molecule has 1 saturated carbocycles. The average molecular weight is 616 g/mol. The molecule has 0 saturated heterocycles. The van der Waals surface area contributed by atoms with Crippen LogP contribution in [0.4, 0.5) is 13.6 Å². The predicted octanol–water partition coefficient (Wildman–Crippen LogP) is 3.90. The Kier molecular flexibility index (Phi) is 10.2. The minimum atomic E-state index is -2.71. The summed E-state index contributed by atoms with van der Waals surface area (Å²) in [6.45, 7) is 4.88. The fourth-order valence-electron chi connectivity index (χ4n) is 5.73. The van der Waals surface area contributed by atoms with Crippen LogP contribution in [0.25, 0.3) is 11.1 Å². The molecule has 2 aromatic carbocycles. The Balaban J connectivity index is 1.47. The van der Waals surface area contributed by atoms with Crippen molar-refractivity contribution in [2.45, 2.75) is 76.1 Å². The Labute approximate surface area is 255 Å². The molecule has 0 radical (unpaired) electrons. The van der Waals surface area contributed by atoms with Gasteiger partial charge in [0.05, 0.1) is 7.11 Å². The van der Waals surface area contributed by atoms with Gasteiger partial charge in [0.25, 0.3) is 0 Å². The molecule has 12 heteroatoms. The van der Waals surface area contributed by atoms with Crippen LogP contribution in [0.5, 0.6) is 0 Å². The SMILES string of the molecule is CC[C@H](C)[C@H](NC(=O)[C@@]1(NC(=O)OCC2c3ccccc3-c3ccccc32)C[C@H]1CC(F)F)C(=O)O[C@@H](C)[C@@H](N)C(=O)OC. The summed E-state index contributed by atoms with van der Waals surface area (Å²) in [4.78, 5) is 51.6. The summed E-state index contributed by atoms with van der Waals surface area (Å²) >= 11 is 0. The fourth-order valence-corrected chi connectivity index (χ4v) is 5.73. The van der Waals surface area contributed by atoms with Gasteiger partial charge in [0.15, 0.2) is 0 Å². The second kappa shape index (κ2) is 13.7. The third-order valence-corrected chi connectivity index (χ3v) is 8.68. The van der Waals surface area contributed by atoms with Crippen LogP contribution in [0.15, 0.2) is 48.5 Å². The standard InChI is InChI=1S/C32H39F2N3O7/c1-5-17(2)27(29(39)44-18(3)26(35)28(38)42-4)36-30(40)32(15-19(32)14-25(33)34)37-31(41)43-16-24-22-12-8-6-10-20(22)21-11-7-9-13-23(21)24/h6-13,17-19,24-27H,5,14-16,35H2,1-4H3,(H,36,40)(H,37,41)/t17-,18-,19+,26+,27-,32+/m0/s1. The smallest absolute Gasteiger partial charge is 0.408 e. The van der Waals surface area contributed by atoms with E-state index in [1.807, 2.05) is 48.5 Å². The van der Waals surface area contributed by atoms with E-state index >= 15 is 0 Å². The lowest BCUT2D eigenvalue weighted by atomic mass is 9.98. The maximum absolute atomic E-state index is 13.6. The minimum Gasteiger partial charge on any atom is -0.468 e. The molecule has 2 amide bonds. The molecule has 0 unspecified atom stereocenters. The Hall–Kier alpha value is -4.06. The van der Waals surface area contributed by atoms with Crippen molar-refractivity contribution in [3.63, 3.8) is 0 Å². The highest BCUT2D eigenvalue weighted by atomic mass is 19.3. The van der Waals surface area contributed by atoms with Gasteiger partial charge in [0, 0.05) is 12.3 Å². The number of methoxy groups -OCH3 is 1. The van der Waals surface area contributed by atoms with Crippen LogP contribution in [0.2, 0.25) is 0 Å². The van der Waals surface area contributed by atoms with Gasteiger partial charge in [-0.3, -0.25) is 9.59 Å². The summed E-state index contributed by atoms with van der Waals surface area (Å²) in [6.07, 6.45) is -4.95. The number of rotatable bonds is 13. The molecule has 4 N–H and O–H groups in total. The van der Waals surface area contributed by atoms with Gasteiger partial charge in [0.1, 0.15) is 30.3 Å². The molecule has 2 aromatic rings. The molecule has 0 heterocycles. The van der Waals surface area contributed by atoms with Gasteiger partial charge in [-0.05, 0) is 47.4 Å². The van der Waals surface area contributed by atoms with E-state index in [0.29, 0.717) is 6.42 Å². The van der Waals surface area contributed by atoms with Crippen molar-refractivity contribution in [2.75, 3.05) is 13.7 Å². The molecule has 238 valence electrons. The lowest BCUT2D eigenvalue weighted by molar-refractivity contribution is -0.159. The number of amides is 2. The molecule has 4 rings (SSSR count). The zero-order valence-corrected chi connectivity index (χ0v) is 25.2. The van der Waals surface area contributed by atoms with Crippen LogP contribution >= 0.6 is 0 Å². The average Bonchev–Trinajstić information content (AvgIpc) is 3.59. The molecule has 0 bridgehead atoms. The number of alkyl carbamates (subject to hydrolysis) is 1. The number of carbonyl (C=O) groups is 4. The van der Waals surface area contributed by atoms with Crippen molar-refractivity contribution < 1.29 is 42.2 Å². The second-order valence-corrected chi connectivity index (χ2v) is 11.5. The number of hydrogen-bond donors (Lipinski definition) is 3. The van der Waals surface area contributed by atoms with E-state index in [1.54, 1.807) is 13.8 Å². The van der Waals surface area contributed by atoms with E-state index < -0.39 is 72.3 Å². The normalized spacial score (nSPS) is 21.2. The van der Waals surface area contributed by atoms with Crippen molar-refractivity contribution in [1.29, 1.82) is 0 Å². The van der Waals surface area contributed by atoms with Gasteiger partial charge in [-0.15, -0.1) is 0 Å². The van der Waals surface area contributed by atoms with Crippen LogP contribution < -0.4 is 16.4 Å². The maximum Gasteiger partial charge on any atom is 0.408 e. The van der Waals surface area contributed by atoms with Crippen molar-refractivity contribution in [3.8, 4) is 11.1 Å². The summed E-state index contributed by atoms with van der Waals surface area (Å²) in [5, 5.41) is 5.14. The van der Waals surface area contributed by atoms with E-state index in [9.17, 15) is 28.0 Å². The Morgan fingerprint density at radius 1 is 1.00 bits per heavy atom. The molecule has 1 fully saturated rings. The van der Waals surface area contributed by atoms with Crippen molar-refractivity contribution in [1.82, 2.24) is 10.6 Å². The highest BCUT2D eigenvalue weighted by molar-refractivity contribution is 5.96. The molecule has 0 aliphatic heterocycles. The fraction of sp³-hybridized carbons (Fsp3) is 0.500. The Morgan fingerprint density at radius 3 is 2.14 bits per heavy atom. The van der Waals surface area contributed by atoms with Gasteiger partial charge in [-0.25, -0.2) is 18.4 Å². The van der Waals surface area contributed by atoms with Crippen LogP contribution in [0, 0.1) is 11.8 Å². The largest absolute Gasteiger partial charge is 0.468 e. The van der Waals surface area contributed by atoms with Crippen molar-refractivity contribution >= 4 is 23.9 Å². The Morgan fingerprint density at radius 2 is 1.59 bits per heavy atom. The van der Waals surface area contributed by atoms with E-state index in [-0.39, 0.29) is 18.9 Å². The first-order valence-corrected chi connectivity index (χ1v) is 14.7. The molecule has 2 aliphatic rings. The topological polar surface area (TPSA) is 146 Å². The number of carbonyl (C=O) groups excluding carboxylic acids is 4. The van der Waals surface area contributed by atoms with Crippen molar-refractivity contribution in [2.24, 2.45) is 17.6 Å². The highest BCUT2D eigenvalue weighted by Gasteiger charge is 2.62. The molecule has 0 spiro atoms. The summed E-state index contributed by atoms with van der Waals surface area (Å²) in [5.41, 5.74) is 8.15. The van der Waals surface area contributed by atoms with Crippen LogP contribution in [-0.2, 0) is 28.6 Å². The number of nitrogens with two attached hydrogens (primary N) is 1. The number of halogens is 2. The quantitative estimate of drug-likeness (QED) is 0.227. The van der Waals surface area contributed by atoms with Gasteiger partial charge < -0.3 is 30.6 Å². The number of fused-ring (bicyclic) bond motifs is 3. The summed E-state index contributed by atoms with van der Waals surface area (Å²) in [7, 11) is 1.15. The van der Waals surface area contributed by atoms with E-state index in [1.165, 1.54) is 6.92 Å². The lowest BCUT2D eigenvalue weighted by Crippen LogP contribution is -2.57. The molecule has 0 aromatic heterocycles. The van der Waals surface area contributed by atoms with E-state index in [2.05, 4.69) is 15.4 Å². The van der Waals surface area contributed by atoms with Crippen LogP contribution in [0.1, 0.15) is 57.1 Å². The second-order valence-electron chi connectivity index (χ2n) is 11.5. The zero-order chi connectivity index (χ0) is 32.2. The first-order valence-electron chi connectivity index (χ1n) is 14.7. The zero-order valence-electron chi connectivity index (χ0n) is 25.2. The highest BCUT2D eigenvalue weighted by Crippen LogP contribution is 2.48. The molecule has 6 atom stereocenters.